The zero-order valence-corrected chi connectivity index (χ0v) is 90.2. The number of allylic oxidation sites excluding steroid dienone is 48. The van der Waals surface area contributed by atoms with Crippen LogP contribution in [0.3, 0.4) is 0 Å². The summed E-state index contributed by atoms with van der Waals surface area (Å²) >= 11 is 0. The molecule has 0 amide bonds. The fraction of sp³-hybridized carbons (Fsp3) is 0.202. The van der Waals surface area contributed by atoms with Crippen molar-refractivity contribution in [3.8, 4) is 0 Å². The number of ketones is 2. The van der Waals surface area contributed by atoms with Gasteiger partial charge in [-0.05, 0) is 138 Å². The molecule has 0 atom stereocenters. The molecule has 0 aliphatic heterocycles. The van der Waals surface area contributed by atoms with Crippen LogP contribution in [0.5, 0.6) is 0 Å². The number of hydrogen-bond donors (Lipinski definition) is 0. The Morgan fingerprint density at radius 3 is 0.471 bits per heavy atom. The Morgan fingerprint density at radius 1 is 0.244 bits per heavy atom. The van der Waals surface area contributed by atoms with Crippen molar-refractivity contribution in [1.82, 2.24) is 0 Å². The number of fused-ring (bicyclic) bond motifs is 4. The van der Waals surface area contributed by atoms with Crippen LogP contribution in [0, 0.1) is 223 Å². The first kappa shape index (κ1) is 222. The topological polar surface area (TPSA) is 113 Å². The van der Waals surface area contributed by atoms with Gasteiger partial charge in [0.25, 0.3) is 0 Å². The Hall–Kier alpha value is -4.88. The molecule has 119 heavy (non-hydrogen) atoms. The van der Waals surface area contributed by atoms with E-state index in [0.29, 0.717) is 0 Å². The second-order valence-corrected chi connectivity index (χ2v) is 19.1. The zero-order valence-electron chi connectivity index (χ0n) is 79.4. The molecule has 15 heteroatoms. The number of carbonyl (C=O) groups excluding carboxylic acids is 5. The fourth-order valence-electron chi connectivity index (χ4n) is 7.49. The normalized spacial score (nSPS) is 16.6. The molecule has 11 aliphatic rings. The van der Waals surface area contributed by atoms with Gasteiger partial charge in [0, 0.05) is 45.7 Å². The van der Waals surface area contributed by atoms with Crippen molar-refractivity contribution in [2.24, 2.45) is 23.7 Å². The Labute approximate surface area is 835 Å². The van der Waals surface area contributed by atoms with Crippen LogP contribution >= 0.6 is 0 Å². The average Bonchev–Trinajstić information content (AvgIpc) is 1.74. The van der Waals surface area contributed by atoms with Gasteiger partial charge in [0.2, 0.25) is 0 Å². The predicted octanol–water partition coefficient (Wildman–Crippen LogP) is 30.2. The van der Waals surface area contributed by atoms with Gasteiger partial charge in [0.1, 0.15) is 0 Å². The van der Waals surface area contributed by atoms with Gasteiger partial charge in [0.15, 0.2) is 17.5 Å². The van der Waals surface area contributed by atoms with Gasteiger partial charge in [-0.15, -0.1) is 0 Å². The van der Waals surface area contributed by atoms with Crippen LogP contribution in [0.4, 0.5) is 0 Å². The Bertz CT molecular complexity index is 2350. The Kier molecular flexibility index (Phi) is 327. The summed E-state index contributed by atoms with van der Waals surface area (Å²) in [5.74, 6) is 1.34. The van der Waals surface area contributed by atoms with E-state index in [1.165, 1.54) is 136 Å². The maximum atomic E-state index is 10.3. The number of ether oxygens (including phenoxy) is 3. The minimum Gasteiger partial charge on any atom is -0.550 e. The number of carbonyl (C=O) groups is 5. The molecule has 0 aromatic heterocycles. The van der Waals surface area contributed by atoms with Crippen LogP contribution < -0.4 is 0 Å². The van der Waals surface area contributed by atoms with Crippen molar-refractivity contribution < 1.29 is 169 Å². The summed E-state index contributed by atoms with van der Waals surface area (Å²) in [7, 11) is 3.72. The molecule has 11 aliphatic carbocycles. The van der Waals surface area contributed by atoms with Gasteiger partial charge >= 0.3 is 109 Å². The second-order valence-electron chi connectivity index (χ2n) is 19.1. The standard InChI is InChI=1S/C8H12.4C8H10.C8H8.2C7H8.C6H8O4.C6H4O2.C4H5O2.26CH3.2Co.5Ru/c6*1-2-4-6-8-7-5-3-1;2*1-2-7-4-3-6(1)5-7;1-9-5(7)3-4-6(8)10-2;7-5-1-2-6(8)4-3-5;1-3-4(5)6-2;;;;;;;;;;;;;;;;;;;;;;;;;;;;;;;;;/h1-2,7-8H,3-6H2;4*1-6H,7-8H2;1-8H;2*1-4,6-7H,5H2;3-4H,1-2H3;1-4H;1,3H,2H3;26*1H3;;;;;;;/q;;;;;;;;;;27*-1;;;5*+5/b2-1-,8-7?;4*2-1?,5-3-,6-4?;2-1-,3-1?,4-2?,5-3-,6-4?,7-5?,8-6?,8-7?;;;4-3+;;;;;;;;;;;;;;;;;;;;;;;;;;;;;;;;;;;. The van der Waals surface area contributed by atoms with Crippen LogP contribution in [0.25, 0.3) is 0 Å². The van der Waals surface area contributed by atoms with E-state index < -0.39 is 17.9 Å². The van der Waals surface area contributed by atoms with Gasteiger partial charge in [-0.1, -0.05) is 267 Å². The van der Waals surface area contributed by atoms with Crippen LogP contribution in [-0.4, -0.2) is 50.8 Å². The molecule has 0 heterocycles. The zero-order chi connectivity index (χ0) is 62.3. The van der Waals surface area contributed by atoms with Gasteiger partial charge in [0.05, 0.1) is 21.3 Å². The largest absolute Gasteiger partial charge is 5.00 e. The van der Waals surface area contributed by atoms with E-state index in [4.69, 9.17) is 0 Å². The first-order valence-corrected chi connectivity index (χ1v) is 29.7. The van der Waals surface area contributed by atoms with E-state index in [1.54, 1.807) is 0 Å². The summed E-state index contributed by atoms with van der Waals surface area (Å²) in [5.41, 5.74) is 0. The first-order chi connectivity index (χ1) is 42.2. The van der Waals surface area contributed by atoms with E-state index in [2.05, 4.69) is 240 Å². The quantitative estimate of drug-likeness (QED) is 0.0522. The Balaban J connectivity index is -0.0000000215. The monoisotopic (exact) mass is 2180 g/mol. The van der Waals surface area contributed by atoms with Gasteiger partial charge in [-0.25, -0.2) is 9.59 Å². The van der Waals surface area contributed by atoms with Crippen molar-refractivity contribution in [3.05, 3.63) is 510 Å². The number of rotatable bonds is 3. The number of esters is 3. The maximum Gasteiger partial charge on any atom is 5.00 e. The summed E-state index contributed by atoms with van der Waals surface area (Å²) in [4.78, 5) is 51.0. The molecule has 0 spiro atoms. The molecular formula is C104H171Co2O8Ru5-2. The van der Waals surface area contributed by atoms with Crippen LogP contribution in [-0.2, 0) is 169 Å². The van der Waals surface area contributed by atoms with Crippen molar-refractivity contribution >= 4 is 29.5 Å². The van der Waals surface area contributed by atoms with Gasteiger partial charge in [-0.2, -0.15) is 6.08 Å². The van der Waals surface area contributed by atoms with Crippen molar-refractivity contribution in [3.63, 3.8) is 0 Å². The molecule has 0 saturated heterocycles. The minimum atomic E-state index is -0.578. The molecule has 7 radical (unpaired) electrons. The van der Waals surface area contributed by atoms with Crippen molar-refractivity contribution in [2.45, 2.75) is 89.9 Å². The molecule has 0 aromatic carbocycles. The number of hydrogen-bond acceptors (Lipinski definition) is 8. The summed E-state index contributed by atoms with van der Waals surface area (Å²) in [6, 6.07) is 0. The molecule has 0 saturated carbocycles. The second kappa shape index (κ2) is 175. The van der Waals surface area contributed by atoms with Crippen LogP contribution in [0.2, 0.25) is 0 Å². The van der Waals surface area contributed by atoms with E-state index in [1.807, 2.05) is 48.6 Å². The van der Waals surface area contributed by atoms with E-state index in [0.717, 1.165) is 41.9 Å². The van der Waals surface area contributed by atoms with E-state index >= 15 is 0 Å². The molecule has 0 aromatic rings. The third kappa shape index (κ3) is 158. The molecule has 0 fully saturated rings. The SMILES string of the molecule is C1=C/C=C\C=C/C=C1.C1=C/C=C\CCC=C1.C1=C/C=C\CCC=C1.C1=C/C=C\CCC=C1.C1=C/C=C\CCC=C1.C1=CC2C=CC1C2.C1=CC2C=CC1C2.C1=CCC/C=C\CC1.COC(=O)/C=C/C(=O)OC.O=C1C=CC(=O)C=C1.[CH-]=CC(=O)OC.[CH3-].[CH3-].[CH3-].[CH3-].[CH3-].[CH3-].[CH3-].[CH3-].[CH3-].[CH3-].[CH3-].[CH3-].[CH3-].[CH3-].[CH3-].[CH3-].[CH3-].[CH3-].[CH3-].[CH3-].[CH3-].[CH3-].[CH3-].[CH3-].[CH3-].[CH3-].[Co].[Co].[Ru+5].[Ru+5].[Ru+5].[Ru+5].[Ru+5]. The molecule has 695 valence electrons. The van der Waals surface area contributed by atoms with Crippen molar-refractivity contribution in [1.29, 1.82) is 0 Å². The smallest absolute Gasteiger partial charge is 0.550 e. The van der Waals surface area contributed by atoms with E-state index in [9.17, 15) is 24.0 Å². The fourth-order valence-corrected chi connectivity index (χ4v) is 7.49. The summed E-state index contributed by atoms with van der Waals surface area (Å²) in [5, 5.41) is 0. The van der Waals surface area contributed by atoms with Crippen LogP contribution in [0.1, 0.15) is 89.9 Å². The summed E-state index contributed by atoms with van der Waals surface area (Å²) < 4.78 is 12.5. The van der Waals surface area contributed by atoms with Gasteiger partial charge < -0.3 is 212 Å². The van der Waals surface area contributed by atoms with Gasteiger partial charge in [-0.3, -0.25) is 16.2 Å². The third-order valence-corrected chi connectivity index (χ3v) is 12.1. The first-order valence-electron chi connectivity index (χ1n) is 29.7. The minimum absolute atomic E-state index is 0. The molecule has 0 N–H and O–H groups in total. The number of methoxy groups -OCH3 is 3. The molecule has 8 nitrogen and oxygen atoms in total. The Morgan fingerprint density at radius 2 is 0.370 bits per heavy atom. The van der Waals surface area contributed by atoms with E-state index in [-0.39, 0.29) is 336 Å². The predicted molar refractivity (Wildman–Crippen MR) is 529 cm³/mol. The maximum absolute atomic E-state index is 10.3. The third-order valence-electron chi connectivity index (χ3n) is 12.1. The molecule has 11 rings (SSSR count). The summed E-state index contributed by atoms with van der Waals surface area (Å²) in [6.07, 6.45) is 119. The summed E-state index contributed by atoms with van der Waals surface area (Å²) in [6.45, 7) is 4.68. The van der Waals surface area contributed by atoms with Crippen LogP contribution in [0.15, 0.2) is 310 Å². The average molecular weight is 2170 g/mol. The van der Waals surface area contributed by atoms with Crippen molar-refractivity contribution in [2.75, 3.05) is 21.3 Å². The molecular weight excluding hydrogens is 2000 g/mol. The molecule has 0 unspecified atom stereocenters. The molecule has 4 bridgehead atoms.